The van der Waals surface area contributed by atoms with E-state index in [9.17, 15) is 8.42 Å². The standard InChI is InChI=1S/C9H12BrN5O2S2/c1-11-3-6-2-7(9(10)18-6)19(16,17)14-4-8-12-5-13-15-8/h2,5,11,14H,3-4H2,1H3,(H,12,13,15). The summed E-state index contributed by atoms with van der Waals surface area (Å²) in [6.45, 7) is 0.701. The van der Waals surface area contributed by atoms with Crippen LogP contribution in [-0.2, 0) is 23.1 Å². The molecule has 2 aromatic heterocycles. The van der Waals surface area contributed by atoms with E-state index in [4.69, 9.17) is 0 Å². The number of rotatable bonds is 6. The van der Waals surface area contributed by atoms with Crippen molar-refractivity contribution in [3.8, 4) is 0 Å². The van der Waals surface area contributed by atoms with Crippen LogP contribution in [0.15, 0.2) is 21.1 Å². The van der Waals surface area contributed by atoms with Crippen LogP contribution >= 0.6 is 27.3 Å². The van der Waals surface area contributed by atoms with Gasteiger partial charge >= 0.3 is 0 Å². The van der Waals surface area contributed by atoms with E-state index >= 15 is 0 Å². The third-order valence-electron chi connectivity index (χ3n) is 2.24. The average Bonchev–Trinajstić information content (AvgIpc) is 2.97. The molecule has 0 atom stereocenters. The van der Waals surface area contributed by atoms with E-state index in [0.717, 1.165) is 4.88 Å². The Morgan fingerprint density at radius 3 is 2.89 bits per heavy atom. The molecule has 0 amide bonds. The predicted octanol–water partition coefficient (Wildman–Crippen LogP) is 0.827. The molecule has 2 aromatic rings. The maximum Gasteiger partial charge on any atom is 0.242 e. The first kappa shape index (κ1) is 14.6. The van der Waals surface area contributed by atoms with Crippen LogP contribution in [0.5, 0.6) is 0 Å². The van der Waals surface area contributed by atoms with Gasteiger partial charge in [0.1, 0.15) is 17.0 Å². The lowest BCUT2D eigenvalue weighted by atomic mass is 10.5. The van der Waals surface area contributed by atoms with Gasteiger partial charge < -0.3 is 5.32 Å². The molecule has 3 N–H and O–H groups in total. The molecule has 0 bridgehead atoms. The summed E-state index contributed by atoms with van der Waals surface area (Å²) < 4.78 is 27.4. The monoisotopic (exact) mass is 365 g/mol. The molecular weight excluding hydrogens is 354 g/mol. The highest BCUT2D eigenvalue weighted by molar-refractivity contribution is 9.11. The van der Waals surface area contributed by atoms with Gasteiger partial charge in [-0.1, -0.05) is 0 Å². The topological polar surface area (TPSA) is 99.8 Å². The van der Waals surface area contributed by atoms with Crippen LogP contribution in [0.2, 0.25) is 0 Å². The van der Waals surface area contributed by atoms with Crippen molar-refractivity contribution in [1.29, 1.82) is 0 Å². The summed E-state index contributed by atoms with van der Waals surface area (Å²) in [4.78, 5) is 5.03. The maximum atomic E-state index is 12.1. The molecule has 0 saturated carbocycles. The second-order valence-electron chi connectivity index (χ2n) is 3.64. The fourth-order valence-corrected chi connectivity index (χ4v) is 5.08. The van der Waals surface area contributed by atoms with Crippen molar-refractivity contribution in [3.05, 3.63) is 26.9 Å². The minimum atomic E-state index is -3.57. The Bertz CT molecular complexity index is 638. The van der Waals surface area contributed by atoms with Gasteiger partial charge in [-0.15, -0.1) is 11.3 Å². The molecule has 104 valence electrons. The van der Waals surface area contributed by atoms with E-state index in [-0.39, 0.29) is 11.4 Å². The molecule has 0 unspecified atom stereocenters. The Balaban J connectivity index is 2.14. The number of hydrogen-bond acceptors (Lipinski definition) is 6. The highest BCUT2D eigenvalue weighted by Gasteiger charge is 2.20. The number of nitrogens with one attached hydrogen (secondary N) is 3. The maximum absolute atomic E-state index is 12.1. The number of aromatic nitrogens is 3. The molecule has 19 heavy (non-hydrogen) atoms. The van der Waals surface area contributed by atoms with Gasteiger partial charge in [0.15, 0.2) is 0 Å². The lowest BCUT2D eigenvalue weighted by molar-refractivity contribution is 0.579. The third-order valence-corrected chi connectivity index (χ3v) is 5.89. The summed E-state index contributed by atoms with van der Waals surface area (Å²) in [5.74, 6) is 0.463. The highest BCUT2D eigenvalue weighted by Crippen LogP contribution is 2.31. The number of H-pyrrole nitrogens is 1. The van der Waals surface area contributed by atoms with Gasteiger partial charge in [0.05, 0.1) is 10.3 Å². The zero-order valence-corrected chi connectivity index (χ0v) is 13.2. The van der Waals surface area contributed by atoms with Crippen LogP contribution in [0.1, 0.15) is 10.7 Å². The van der Waals surface area contributed by atoms with E-state index in [1.165, 1.54) is 17.7 Å². The lowest BCUT2D eigenvalue weighted by Gasteiger charge is -2.03. The first-order chi connectivity index (χ1) is 9.03. The first-order valence-corrected chi connectivity index (χ1v) is 8.39. The smallest absolute Gasteiger partial charge is 0.242 e. The summed E-state index contributed by atoms with van der Waals surface area (Å²) in [5.41, 5.74) is 0. The molecule has 0 spiro atoms. The largest absolute Gasteiger partial charge is 0.315 e. The molecule has 2 heterocycles. The molecule has 0 fully saturated rings. The quantitative estimate of drug-likeness (QED) is 0.703. The van der Waals surface area contributed by atoms with Gasteiger partial charge in [0.25, 0.3) is 0 Å². The molecule has 0 aliphatic heterocycles. The van der Waals surface area contributed by atoms with Crippen molar-refractivity contribution in [2.75, 3.05) is 7.05 Å². The third kappa shape index (κ3) is 3.60. The van der Waals surface area contributed by atoms with Crippen LogP contribution in [0.4, 0.5) is 0 Å². The van der Waals surface area contributed by atoms with Crippen molar-refractivity contribution in [2.45, 2.75) is 18.0 Å². The van der Waals surface area contributed by atoms with Gasteiger partial charge in [-0.05, 0) is 29.0 Å². The Morgan fingerprint density at radius 1 is 1.47 bits per heavy atom. The van der Waals surface area contributed by atoms with Gasteiger partial charge in [-0.2, -0.15) is 5.10 Å². The van der Waals surface area contributed by atoms with Crippen LogP contribution in [0.3, 0.4) is 0 Å². The van der Waals surface area contributed by atoms with Crippen molar-refractivity contribution < 1.29 is 8.42 Å². The summed E-state index contributed by atoms with van der Waals surface area (Å²) in [6.07, 6.45) is 1.33. The fourth-order valence-electron chi connectivity index (χ4n) is 1.40. The highest BCUT2D eigenvalue weighted by atomic mass is 79.9. The van der Waals surface area contributed by atoms with Crippen molar-refractivity contribution in [1.82, 2.24) is 25.2 Å². The number of nitrogens with zero attached hydrogens (tertiary/aromatic N) is 2. The summed E-state index contributed by atoms with van der Waals surface area (Å²) >= 11 is 4.67. The van der Waals surface area contributed by atoms with Gasteiger partial charge in [-0.25, -0.2) is 18.1 Å². The zero-order chi connectivity index (χ0) is 13.9. The Hall–Kier alpha value is -0.810. The predicted molar refractivity (Wildman–Crippen MR) is 75.2 cm³/mol. The normalized spacial score (nSPS) is 11.9. The van der Waals surface area contributed by atoms with Crippen molar-refractivity contribution >= 4 is 37.3 Å². The van der Waals surface area contributed by atoms with Gasteiger partial charge in [0.2, 0.25) is 10.0 Å². The average molecular weight is 366 g/mol. The number of hydrogen-bond donors (Lipinski definition) is 3. The molecule has 0 radical (unpaired) electrons. The van der Waals surface area contributed by atoms with Gasteiger partial charge in [-0.3, -0.25) is 5.10 Å². The second kappa shape index (κ2) is 6.09. The Kier molecular flexibility index (Phi) is 4.68. The van der Waals surface area contributed by atoms with E-state index in [2.05, 4.69) is 41.2 Å². The Labute approximate surface area is 123 Å². The van der Waals surface area contributed by atoms with Gasteiger partial charge in [0, 0.05) is 11.4 Å². The van der Waals surface area contributed by atoms with Crippen LogP contribution in [0, 0.1) is 0 Å². The summed E-state index contributed by atoms with van der Waals surface area (Å²) in [5, 5.41) is 9.23. The molecule has 10 heteroatoms. The SMILES string of the molecule is CNCc1cc(S(=O)(=O)NCc2ncn[nH]2)c(Br)s1. The number of halogens is 1. The molecule has 2 rings (SSSR count). The second-order valence-corrected chi connectivity index (χ2v) is 7.83. The van der Waals surface area contributed by atoms with E-state index in [1.54, 1.807) is 6.07 Å². The summed E-state index contributed by atoms with van der Waals surface area (Å²) in [7, 11) is -1.76. The minimum absolute atomic E-state index is 0.0754. The molecule has 0 aliphatic carbocycles. The lowest BCUT2D eigenvalue weighted by Crippen LogP contribution is -2.23. The molecule has 0 aromatic carbocycles. The Morgan fingerprint density at radius 2 is 2.26 bits per heavy atom. The minimum Gasteiger partial charge on any atom is -0.315 e. The molecular formula is C9H12BrN5O2S2. The number of sulfonamides is 1. The van der Waals surface area contributed by atoms with Crippen molar-refractivity contribution in [3.63, 3.8) is 0 Å². The van der Waals surface area contributed by atoms with Crippen LogP contribution < -0.4 is 10.0 Å². The van der Waals surface area contributed by atoms with Crippen molar-refractivity contribution in [2.24, 2.45) is 0 Å². The number of thiophene rings is 1. The summed E-state index contributed by atoms with van der Waals surface area (Å²) in [6, 6.07) is 1.65. The van der Waals surface area contributed by atoms with E-state index in [1.807, 2.05) is 7.05 Å². The van der Waals surface area contributed by atoms with E-state index < -0.39 is 10.0 Å². The fraction of sp³-hybridized carbons (Fsp3) is 0.333. The van der Waals surface area contributed by atoms with Crippen LogP contribution in [0.25, 0.3) is 0 Å². The number of aromatic amines is 1. The zero-order valence-electron chi connectivity index (χ0n) is 9.97. The first-order valence-electron chi connectivity index (χ1n) is 5.29. The molecule has 7 nitrogen and oxygen atoms in total. The van der Waals surface area contributed by atoms with Crippen LogP contribution in [-0.4, -0.2) is 30.6 Å². The van der Waals surface area contributed by atoms with E-state index in [0.29, 0.717) is 16.2 Å². The molecule has 0 saturated heterocycles. The molecule has 0 aliphatic rings.